The topological polar surface area (TPSA) is 47.4 Å². The molecule has 5 rings (SSSR count). The number of ether oxygens (including phenoxy) is 1. The summed E-state index contributed by atoms with van der Waals surface area (Å²) in [4.78, 5) is 15.8. The first-order chi connectivity index (χ1) is 14.7. The van der Waals surface area contributed by atoms with Crippen LogP contribution in [0.5, 0.6) is 5.75 Å². The number of amides is 1. The van der Waals surface area contributed by atoms with Crippen molar-refractivity contribution in [3.05, 3.63) is 71.5 Å². The van der Waals surface area contributed by atoms with Crippen molar-refractivity contribution in [3.8, 4) is 11.4 Å². The van der Waals surface area contributed by atoms with Crippen LogP contribution >= 0.6 is 0 Å². The molecule has 0 saturated heterocycles. The van der Waals surface area contributed by atoms with Gasteiger partial charge in [0.25, 0.3) is 5.91 Å². The standard InChI is InChI=1S/C25H27N3O2/c1-17(18-11-12-18)27(19-13-15-21(30-2)16-14-19)25(29)24-22-9-6-10-23(22)28(26-24)20-7-4-3-5-8-20/h3-5,7-8,13-18H,6,9-12H2,1-2H3. The lowest BCUT2D eigenvalue weighted by Gasteiger charge is -2.29. The molecule has 1 heterocycles. The second-order valence-corrected chi connectivity index (χ2v) is 8.33. The van der Waals surface area contributed by atoms with E-state index in [9.17, 15) is 4.79 Å². The Morgan fingerprint density at radius 3 is 2.50 bits per heavy atom. The van der Waals surface area contributed by atoms with E-state index in [4.69, 9.17) is 9.84 Å². The highest BCUT2D eigenvalue weighted by Gasteiger charge is 2.38. The van der Waals surface area contributed by atoms with Crippen LogP contribution in [-0.4, -0.2) is 28.8 Å². The van der Waals surface area contributed by atoms with Crippen molar-refractivity contribution in [3.63, 3.8) is 0 Å². The summed E-state index contributed by atoms with van der Waals surface area (Å²) in [6.07, 6.45) is 5.30. The summed E-state index contributed by atoms with van der Waals surface area (Å²) in [6.45, 7) is 2.16. The zero-order chi connectivity index (χ0) is 20.7. The van der Waals surface area contributed by atoms with Crippen LogP contribution in [0.3, 0.4) is 0 Å². The number of anilines is 1. The fourth-order valence-corrected chi connectivity index (χ4v) is 4.58. The Labute approximate surface area is 177 Å². The third-order valence-corrected chi connectivity index (χ3v) is 6.41. The summed E-state index contributed by atoms with van der Waals surface area (Å²) in [7, 11) is 1.66. The van der Waals surface area contributed by atoms with Gasteiger partial charge in [0.15, 0.2) is 5.69 Å². The SMILES string of the molecule is COc1ccc(N(C(=O)c2nn(-c3ccccc3)c3c2CCC3)C(C)C2CC2)cc1. The molecular weight excluding hydrogens is 374 g/mol. The molecule has 0 N–H and O–H groups in total. The van der Waals surface area contributed by atoms with Crippen molar-refractivity contribution in [1.82, 2.24) is 9.78 Å². The number of hydrogen-bond acceptors (Lipinski definition) is 3. The van der Waals surface area contributed by atoms with Gasteiger partial charge in [-0.15, -0.1) is 0 Å². The normalized spacial score (nSPS) is 16.2. The number of benzene rings is 2. The summed E-state index contributed by atoms with van der Waals surface area (Å²) in [5.41, 5.74) is 4.82. The van der Waals surface area contributed by atoms with Crippen LogP contribution < -0.4 is 9.64 Å². The van der Waals surface area contributed by atoms with Gasteiger partial charge in [0.05, 0.1) is 12.8 Å². The highest BCUT2D eigenvalue weighted by molar-refractivity contribution is 6.06. The number of nitrogens with zero attached hydrogens (tertiary/aromatic N) is 3. The van der Waals surface area contributed by atoms with Gasteiger partial charge < -0.3 is 9.64 Å². The molecule has 1 unspecified atom stereocenters. The Hall–Kier alpha value is -3.08. The first kappa shape index (κ1) is 18.9. The number of aromatic nitrogens is 2. The summed E-state index contributed by atoms with van der Waals surface area (Å²) in [5.74, 6) is 1.35. The van der Waals surface area contributed by atoms with Crippen molar-refractivity contribution in [2.75, 3.05) is 12.0 Å². The highest BCUT2D eigenvalue weighted by atomic mass is 16.5. The maximum Gasteiger partial charge on any atom is 0.279 e. The molecule has 30 heavy (non-hydrogen) atoms. The average Bonchev–Trinajstić information content (AvgIpc) is 3.42. The third-order valence-electron chi connectivity index (χ3n) is 6.41. The van der Waals surface area contributed by atoms with E-state index in [2.05, 4.69) is 6.92 Å². The maximum atomic E-state index is 13.9. The fraction of sp³-hybridized carbons (Fsp3) is 0.360. The summed E-state index contributed by atoms with van der Waals surface area (Å²) < 4.78 is 7.28. The van der Waals surface area contributed by atoms with E-state index in [0.717, 1.165) is 42.0 Å². The lowest BCUT2D eigenvalue weighted by Crippen LogP contribution is -2.40. The minimum absolute atomic E-state index is 0.00685. The van der Waals surface area contributed by atoms with Crippen molar-refractivity contribution in [2.45, 2.75) is 45.1 Å². The molecule has 2 aliphatic carbocycles. The monoisotopic (exact) mass is 401 g/mol. The van der Waals surface area contributed by atoms with E-state index in [1.54, 1.807) is 7.11 Å². The molecule has 3 aromatic rings. The van der Waals surface area contributed by atoms with Crippen LogP contribution in [0.2, 0.25) is 0 Å². The molecule has 5 nitrogen and oxygen atoms in total. The number of rotatable bonds is 6. The van der Waals surface area contributed by atoms with Gasteiger partial charge in [-0.2, -0.15) is 5.10 Å². The van der Waals surface area contributed by atoms with Crippen molar-refractivity contribution in [2.24, 2.45) is 5.92 Å². The molecule has 1 fully saturated rings. The van der Waals surface area contributed by atoms with Crippen LogP contribution in [0.1, 0.15) is 47.9 Å². The average molecular weight is 402 g/mol. The first-order valence-corrected chi connectivity index (χ1v) is 10.8. The van der Waals surface area contributed by atoms with Gasteiger partial charge in [0.1, 0.15) is 5.75 Å². The van der Waals surface area contributed by atoms with Crippen LogP contribution in [0.25, 0.3) is 5.69 Å². The van der Waals surface area contributed by atoms with E-state index in [-0.39, 0.29) is 11.9 Å². The molecule has 1 atom stereocenters. The van der Waals surface area contributed by atoms with Gasteiger partial charge in [0.2, 0.25) is 0 Å². The van der Waals surface area contributed by atoms with Crippen molar-refractivity contribution < 1.29 is 9.53 Å². The minimum Gasteiger partial charge on any atom is -0.497 e. The number of fused-ring (bicyclic) bond motifs is 1. The van der Waals surface area contributed by atoms with Crippen molar-refractivity contribution >= 4 is 11.6 Å². The quantitative estimate of drug-likeness (QED) is 0.595. The highest BCUT2D eigenvalue weighted by Crippen LogP contribution is 2.38. The second kappa shape index (κ2) is 7.63. The van der Waals surface area contributed by atoms with Gasteiger partial charge >= 0.3 is 0 Å². The van der Waals surface area contributed by atoms with Crippen LogP contribution in [0.4, 0.5) is 5.69 Å². The molecular formula is C25H27N3O2. The summed E-state index contributed by atoms with van der Waals surface area (Å²) in [5, 5.41) is 4.85. The largest absolute Gasteiger partial charge is 0.497 e. The van der Waals surface area contributed by atoms with Crippen LogP contribution in [0, 0.1) is 5.92 Å². The van der Waals surface area contributed by atoms with E-state index in [0.29, 0.717) is 11.6 Å². The molecule has 1 amide bonds. The van der Waals surface area contributed by atoms with Gasteiger partial charge in [-0.1, -0.05) is 18.2 Å². The molecule has 1 aromatic heterocycles. The smallest absolute Gasteiger partial charge is 0.279 e. The Kier molecular flexibility index (Phi) is 4.81. The maximum absolute atomic E-state index is 13.9. The zero-order valence-electron chi connectivity index (χ0n) is 17.5. The molecule has 0 aliphatic heterocycles. The number of carbonyl (C=O) groups excluding carboxylic acids is 1. The molecule has 2 aromatic carbocycles. The molecule has 1 saturated carbocycles. The Balaban J connectivity index is 1.57. The van der Waals surface area contributed by atoms with Gasteiger partial charge in [0, 0.05) is 23.0 Å². The lowest BCUT2D eigenvalue weighted by molar-refractivity contribution is 0.0969. The number of carbonyl (C=O) groups is 1. The Bertz CT molecular complexity index is 1050. The Morgan fingerprint density at radius 1 is 1.10 bits per heavy atom. The lowest BCUT2D eigenvalue weighted by atomic mass is 10.1. The number of methoxy groups -OCH3 is 1. The predicted molar refractivity (Wildman–Crippen MR) is 118 cm³/mol. The van der Waals surface area contributed by atoms with E-state index < -0.39 is 0 Å². The number of hydrogen-bond donors (Lipinski definition) is 0. The second-order valence-electron chi connectivity index (χ2n) is 8.33. The third kappa shape index (κ3) is 3.28. The summed E-state index contributed by atoms with van der Waals surface area (Å²) in [6, 6.07) is 18.1. The van der Waals surface area contributed by atoms with Gasteiger partial charge in [-0.05, 0) is 81.3 Å². The zero-order valence-corrected chi connectivity index (χ0v) is 17.5. The first-order valence-electron chi connectivity index (χ1n) is 10.8. The Morgan fingerprint density at radius 2 is 1.83 bits per heavy atom. The van der Waals surface area contributed by atoms with Crippen LogP contribution in [0.15, 0.2) is 54.6 Å². The minimum atomic E-state index is 0.00685. The molecule has 0 spiro atoms. The predicted octanol–water partition coefficient (Wildman–Crippen LogP) is 4.81. The van der Waals surface area contributed by atoms with Crippen LogP contribution in [-0.2, 0) is 12.8 Å². The molecule has 0 bridgehead atoms. The van der Waals surface area contributed by atoms with E-state index in [1.807, 2.05) is 64.2 Å². The van der Waals surface area contributed by atoms with Gasteiger partial charge in [-0.25, -0.2) is 4.68 Å². The molecule has 2 aliphatic rings. The molecule has 0 radical (unpaired) electrons. The molecule has 5 heteroatoms. The fourth-order valence-electron chi connectivity index (χ4n) is 4.58. The molecule has 154 valence electrons. The van der Waals surface area contributed by atoms with E-state index in [1.165, 1.54) is 18.5 Å². The van der Waals surface area contributed by atoms with E-state index >= 15 is 0 Å². The van der Waals surface area contributed by atoms with Gasteiger partial charge in [-0.3, -0.25) is 4.79 Å². The number of para-hydroxylation sites is 1. The summed E-state index contributed by atoms with van der Waals surface area (Å²) >= 11 is 0. The van der Waals surface area contributed by atoms with Crippen molar-refractivity contribution in [1.29, 1.82) is 0 Å².